The van der Waals surface area contributed by atoms with Crippen molar-refractivity contribution in [1.29, 1.82) is 0 Å². The van der Waals surface area contributed by atoms with Gasteiger partial charge in [0.1, 0.15) is 11.2 Å². The Morgan fingerprint density at radius 1 is 0.354 bits per heavy atom. The summed E-state index contributed by atoms with van der Waals surface area (Å²) < 4.78 is 6.33. The number of para-hydroxylation sites is 1. The molecule has 0 aliphatic rings. The monoisotopic (exact) mass is 613 g/mol. The SMILES string of the molecule is c1ccc(-c2ccc(N(c3ccc(-c4ccc5ccccc5c4-c4ccccc4)cc3)c3cccc4oc5ccccc5c34)cc2)cc1. The zero-order chi connectivity index (χ0) is 31.9. The van der Waals surface area contributed by atoms with Gasteiger partial charge in [-0.3, -0.25) is 0 Å². The third-order valence-corrected chi connectivity index (χ3v) is 9.28. The molecule has 0 bridgehead atoms. The van der Waals surface area contributed by atoms with Gasteiger partial charge < -0.3 is 9.32 Å². The highest BCUT2D eigenvalue weighted by Crippen LogP contribution is 2.44. The van der Waals surface area contributed by atoms with Crippen LogP contribution in [0.1, 0.15) is 0 Å². The predicted molar refractivity (Wildman–Crippen MR) is 202 cm³/mol. The fourth-order valence-electron chi connectivity index (χ4n) is 7.02. The molecule has 9 rings (SSSR count). The van der Waals surface area contributed by atoms with Crippen molar-refractivity contribution >= 4 is 49.8 Å². The lowest BCUT2D eigenvalue weighted by molar-refractivity contribution is 0.669. The molecule has 0 aliphatic carbocycles. The molecule has 0 fully saturated rings. The minimum Gasteiger partial charge on any atom is -0.456 e. The zero-order valence-electron chi connectivity index (χ0n) is 26.3. The van der Waals surface area contributed by atoms with Gasteiger partial charge in [-0.25, -0.2) is 0 Å². The van der Waals surface area contributed by atoms with Crippen LogP contribution in [0.5, 0.6) is 0 Å². The van der Waals surface area contributed by atoms with E-state index in [1.165, 1.54) is 44.2 Å². The number of fused-ring (bicyclic) bond motifs is 4. The summed E-state index contributed by atoms with van der Waals surface area (Å²) in [6, 6.07) is 66.9. The molecule has 0 N–H and O–H groups in total. The van der Waals surface area contributed by atoms with Crippen LogP contribution in [0.3, 0.4) is 0 Å². The summed E-state index contributed by atoms with van der Waals surface area (Å²) in [7, 11) is 0. The third-order valence-electron chi connectivity index (χ3n) is 9.28. The first kappa shape index (κ1) is 27.9. The van der Waals surface area contributed by atoms with Crippen LogP contribution in [0.25, 0.3) is 66.1 Å². The van der Waals surface area contributed by atoms with E-state index < -0.39 is 0 Å². The largest absolute Gasteiger partial charge is 0.456 e. The van der Waals surface area contributed by atoms with Crippen LogP contribution in [0.15, 0.2) is 192 Å². The lowest BCUT2D eigenvalue weighted by atomic mass is 9.90. The molecule has 0 atom stereocenters. The second-order valence-electron chi connectivity index (χ2n) is 12.1. The Kier molecular flexibility index (Phi) is 6.84. The minimum atomic E-state index is 0.875. The van der Waals surface area contributed by atoms with Gasteiger partial charge in [-0.05, 0) is 86.6 Å². The summed E-state index contributed by atoms with van der Waals surface area (Å²) in [6.45, 7) is 0. The molecule has 226 valence electrons. The summed E-state index contributed by atoms with van der Waals surface area (Å²) >= 11 is 0. The molecule has 8 aromatic carbocycles. The summed E-state index contributed by atoms with van der Waals surface area (Å²) in [4.78, 5) is 2.35. The number of benzene rings is 8. The summed E-state index contributed by atoms with van der Waals surface area (Å²) in [6.07, 6.45) is 0. The van der Waals surface area contributed by atoms with Crippen LogP contribution in [0.2, 0.25) is 0 Å². The molecule has 1 heterocycles. The van der Waals surface area contributed by atoms with Gasteiger partial charge in [0.2, 0.25) is 0 Å². The highest BCUT2D eigenvalue weighted by Gasteiger charge is 2.20. The van der Waals surface area contributed by atoms with E-state index in [9.17, 15) is 0 Å². The Balaban J connectivity index is 1.21. The second-order valence-corrected chi connectivity index (χ2v) is 12.1. The van der Waals surface area contributed by atoms with Crippen molar-refractivity contribution in [1.82, 2.24) is 0 Å². The molecule has 1 aromatic heterocycles. The zero-order valence-corrected chi connectivity index (χ0v) is 26.3. The Morgan fingerprint density at radius 3 is 1.65 bits per heavy atom. The van der Waals surface area contributed by atoms with Crippen molar-refractivity contribution in [3.8, 4) is 33.4 Å². The maximum Gasteiger partial charge on any atom is 0.137 e. The fourth-order valence-corrected chi connectivity index (χ4v) is 7.02. The van der Waals surface area contributed by atoms with Gasteiger partial charge in [0, 0.05) is 16.8 Å². The average molecular weight is 614 g/mol. The first-order valence-electron chi connectivity index (χ1n) is 16.4. The van der Waals surface area contributed by atoms with Crippen LogP contribution >= 0.6 is 0 Å². The second kappa shape index (κ2) is 11.8. The van der Waals surface area contributed by atoms with Crippen LogP contribution in [-0.2, 0) is 0 Å². The summed E-state index contributed by atoms with van der Waals surface area (Å²) in [5.74, 6) is 0. The number of hydrogen-bond acceptors (Lipinski definition) is 2. The number of hydrogen-bond donors (Lipinski definition) is 0. The molecule has 9 aromatic rings. The maximum absolute atomic E-state index is 6.33. The minimum absolute atomic E-state index is 0.875. The molecule has 2 nitrogen and oxygen atoms in total. The lowest BCUT2D eigenvalue weighted by Crippen LogP contribution is -2.10. The maximum atomic E-state index is 6.33. The van der Waals surface area contributed by atoms with E-state index in [1.54, 1.807) is 0 Å². The van der Waals surface area contributed by atoms with Crippen molar-refractivity contribution < 1.29 is 4.42 Å². The standard InChI is InChI=1S/C46H31NO/c1-3-12-32(13-4-1)33-22-27-37(28-23-33)47(42-19-11-21-44-46(42)41-18-9-10-20-43(41)48-44)38-29-24-35(25-30-38)40-31-26-34-14-7-8-17-39(34)45(40)36-15-5-2-6-16-36/h1-31H. The van der Waals surface area contributed by atoms with E-state index in [-0.39, 0.29) is 0 Å². The lowest BCUT2D eigenvalue weighted by Gasteiger charge is -2.27. The molecule has 2 heteroatoms. The average Bonchev–Trinajstić information content (AvgIpc) is 3.55. The van der Waals surface area contributed by atoms with E-state index in [2.05, 4.69) is 181 Å². The quantitative estimate of drug-likeness (QED) is 0.185. The third kappa shape index (κ3) is 4.83. The molecule has 0 saturated carbocycles. The predicted octanol–water partition coefficient (Wildman–Crippen LogP) is 13.2. The van der Waals surface area contributed by atoms with E-state index in [0.717, 1.165) is 39.0 Å². The van der Waals surface area contributed by atoms with E-state index in [4.69, 9.17) is 4.42 Å². The van der Waals surface area contributed by atoms with Gasteiger partial charge in [-0.2, -0.15) is 0 Å². The van der Waals surface area contributed by atoms with E-state index in [1.807, 2.05) is 12.1 Å². The molecule has 0 amide bonds. The highest BCUT2D eigenvalue weighted by atomic mass is 16.3. The van der Waals surface area contributed by atoms with Gasteiger partial charge in [0.05, 0.1) is 11.1 Å². The highest BCUT2D eigenvalue weighted by molar-refractivity contribution is 6.13. The van der Waals surface area contributed by atoms with Crippen LogP contribution in [-0.4, -0.2) is 0 Å². The molecule has 0 spiro atoms. The number of anilines is 3. The van der Waals surface area contributed by atoms with E-state index >= 15 is 0 Å². The van der Waals surface area contributed by atoms with Crippen molar-refractivity contribution in [2.75, 3.05) is 4.90 Å². The Morgan fingerprint density at radius 2 is 0.917 bits per heavy atom. The fraction of sp³-hybridized carbons (Fsp3) is 0. The van der Waals surface area contributed by atoms with Crippen LogP contribution < -0.4 is 4.90 Å². The normalized spacial score (nSPS) is 11.3. The Hall–Kier alpha value is -6.38. The summed E-state index contributed by atoms with van der Waals surface area (Å²) in [5.41, 5.74) is 12.2. The van der Waals surface area contributed by atoms with Gasteiger partial charge in [-0.15, -0.1) is 0 Å². The van der Waals surface area contributed by atoms with Gasteiger partial charge in [0.25, 0.3) is 0 Å². The van der Waals surface area contributed by atoms with Gasteiger partial charge >= 0.3 is 0 Å². The molecule has 0 unspecified atom stereocenters. The van der Waals surface area contributed by atoms with Crippen LogP contribution in [0.4, 0.5) is 17.1 Å². The molecule has 0 aliphatic heterocycles. The first-order valence-corrected chi connectivity index (χ1v) is 16.4. The molecule has 0 radical (unpaired) electrons. The smallest absolute Gasteiger partial charge is 0.137 e. The van der Waals surface area contributed by atoms with Crippen molar-refractivity contribution in [3.63, 3.8) is 0 Å². The molecule has 0 saturated heterocycles. The molecular weight excluding hydrogens is 583 g/mol. The van der Waals surface area contributed by atoms with Crippen molar-refractivity contribution in [2.45, 2.75) is 0 Å². The van der Waals surface area contributed by atoms with Crippen molar-refractivity contribution in [2.24, 2.45) is 0 Å². The number of rotatable bonds is 6. The molecular formula is C46H31NO. The Labute approximate surface area is 279 Å². The summed E-state index contributed by atoms with van der Waals surface area (Å²) in [5, 5.41) is 4.70. The number of furan rings is 1. The molecule has 48 heavy (non-hydrogen) atoms. The van der Waals surface area contributed by atoms with Gasteiger partial charge in [-0.1, -0.05) is 146 Å². The van der Waals surface area contributed by atoms with E-state index in [0.29, 0.717) is 0 Å². The van der Waals surface area contributed by atoms with Crippen LogP contribution in [0, 0.1) is 0 Å². The topological polar surface area (TPSA) is 16.4 Å². The number of nitrogens with zero attached hydrogens (tertiary/aromatic N) is 1. The first-order chi connectivity index (χ1) is 23.8. The van der Waals surface area contributed by atoms with Gasteiger partial charge in [0.15, 0.2) is 0 Å². The van der Waals surface area contributed by atoms with Crippen molar-refractivity contribution in [3.05, 3.63) is 188 Å². The Bertz CT molecular complexity index is 2530.